The molecule has 134 valence electrons. The van der Waals surface area contributed by atoms with Crippen LogP contribution in [0.15, 0.2) is 95.5 Å². The molecule has 2 aromatic heterocycles. The molecule has 0 amide bonds. The van der Waals surface area contributed by atoms with Gasteiger partial charge in [0.1, 0.15) is 5.69 Å². The zero-order chi connectivity index (χ0) is 18.8. The minimum Gasteiger partial charge on any atom is -0.436 e. The minimum absolute atomic E-state index is 0.586. The third kappa shape index (κ3) is 3.03. The van der Waals surface area contributed by atoms with Gasteiger partial charge in [0.05, 0.1) is 0 Å². The number of aromatic nitrogens is 2. The Morgan fingerprint density at radius 2 is 1.39 bits per heavy atom. The highest BCUT2D eigenvalue weighted by Crippen LogP contribution is 2.33. The Bertz CT molecular complexity index is 1190. The fourth-order valence-electron chi connectivity index (χ4n) is 3.38. The third-order valence-electron chi connectivity index (χ3n) is 4.75. The summed E-state index contributed by atoms with van der Waals surface area (Å²) in [6, 6.07) is 28.5. The summed E-state index contributed by atoms with van der Waals surface area (Å²) in [7, 11) is 0. The highest BCUT2D eigenvalue weighted by Gasteiger charge is 2.15. The van der Waals surface area contributed by atoms with E-state index in [9.17, 15) is 0 Å². The second-order valence-electron chi connectivity index (χ2n) is 6.58. The number of aromatic amines is 1. The molecule has 0 radical (unpaired) electrons. The maximum Gasteiger partial charge on any atom is 0.220 e. The lowest BCUT2D eigenvalue weighted by Gasteiger charge is -2.00. The number of benzene rings is 3. The minimum atomic E-state index is 0.586. The molecular weight excluding hydrogens is 344 g/mol. The number of fused-ring (bicyclic) bond motifs is 1. The van der Waals surface area contributed by atoms with E-state index in [4.69, 9.17) is 9.40 Å². The van der Waals surface area contributed by atoms with E-state index in [1.54, 1.807) is 0 Å². The molecule has 0 spiro atoms. The maximum absolute atomic E-state index is 6.16. The van der Waals surface area contributed by atoms with E-state index in [2.05, 4.69) is 29.2 Å². The van der Waals surface area contributed by atoms with Crippen molar-refractivity contribution in [2.75, 3.05) is 0 Å². The Hall–Kier alpha value is -3.85. The quantitative estimate of drug-likeness (QED) is 0.388. The number of nitrogens with zero attached hydrogens (tertiary/aromatic N) is 1. The molecule has 2 heterocycles. The zero-order valence-electron chi connectivity index (χ0n) is 15.2. The average Bonchev–Trinajstić information content (AvgIpc) is 3.38. The maximum atomic E-state index is 6.16. The molecule has 0 fully saturated rings. The Morgan fingerprint density at radius 3 is 2.18 bits per heavy atom. The topological polar surface area (TPSA) is 41.8 Å². The Kier molecular flexibility index (Phi) is 4.11. The number of H-pyrrole nitrogens is 1. The van der Waals surface area contributed by atoms with Crippen molar-refractivity contribution < 1.29 is 4.42 Å². The summed E-state index contributed by atoms with van der Waals surface area (Å²) in [6.45, 7) is 0. The van der Waals surface area contributed by atoms with E-state index >= 15 is 0 Å². The van der Waals surface area contributed by atoms with Gasteiger partial charge in [-0.3, -0.25) is 0 Å². The second kappa shape index (κ2) is 7.05. The molecule has 0 saturated carbocycles. The van der Waals surface area contributed by atoms with Gasteiger partial charge in [0.25, 0.3) is 0 Å². The van der Waals surface area contributed by atoms with Crippen LogP contribution in [0.4, 0.5) is 0 Å². The Balaban J connectivity index is 1.58. The third-order valence-corrected chi connectivity index (χ3v) is 4.75. The van der Waals surface area contributed by atoms with Crippen LogP contribution in [-0.4, -0.2) is 9.97 Å². The number of nitrogens with one attached hydrogen (secondary N) is 1. The highest BCUT2D eigenvalue weighted by atomic mass is 16.4. The molecule has 0 bridgehead atoms. The largest absolute Gasteiger partial charge is 0.436 e. The Morgan fingerprint density at radius 1 is 0.714 bits per heavy atom. The van der Waals surface area contributed by atoms with E-state index in [0.29, 0.717) is 5.89 Å². The molecule has 0 aliphatic rings. The summed E-state index contributed by atoms with van der Waals surface area (Å²) in [5.74, 6) is 1.37. The molecule has 0 saturated heterocycles. The lowest BCUT2D eigenvalue weighted by Crippen LogP contribution is -1.81. The van der Waals surface area contributed by atoms with Gasteiger partial charge in [0.15, 0.2) is 5.76 Å². The van der Waals surface area contributed by atoms with Gasteiger partial charge in [-0.15, -0.1) is 0 Å². The van der Waals surface area contributed by atoms with E-state index in [1.165, 1.54) is 5.39 Å². The van der Waals surface area contributed by atoms with Gasteiger partial charge in [0.2, 0.25) is 5.89 Å². The normalized spacial score (nSPS) is 11.4. The first-order chi connectivity index (χ1) is 13.9. The highest BCUT2D eigenvalue weighted by molar-refractivity contribution is 5.91. The number of oxazole rings is 1. The van der Waals surface area contributed by atoms with Gasteiger partial charge in [-0.25, -0.2) is 4.98 Å². The van der Waals surface area contributed by atoms with Gasteiger partial charge >= 0.3 is 0 Å². The second-order valence-corrected chi connectivity index (χ2v) is 6.58. The SMILES string of the molecule is C(=C\c1c[nH]c2ccccc12)/c1nc(-c2ccccc2)c(-c2ccccc2)o1. The van der Waals surface area contributed by atoms with Crippen molar-refractivity contribution in [2.45, 2.75) is 0 Å². The van der Waals surface area contributed by atoms with Crippen molar-refractivity contribution in [3.05, 3.63) is 103 Å². The van der Waals surface area contributed by atoms with E-state index in [-0.39, 0.29) is 0 Å². The summed E-state index contributed by atoms with van der Waals surface area (Å²) < 4.78 is 6.16. The summed E-state index contributed by atoms with van der Waals surface area (Å²) in [5, 5.41) is 1.18. The van der Waals surface area contributed by atoms with Crippen LogP contribution in [0.3, 0.4) is 0 Å². The molecule has 28 heavy (non-hydrogen) atoms. The molecule has 3 nitrogen and oxygen atoms in total. The van der Waals surface area contributed by atoms with Gasteiger partial charge in [-0.05, 0) is 17.7 Å². The number of hydrogen-bond acceptors (Lipinski definition) is 2. The predicted octanol–water partition coefficient (Wildman–Crippen LogP) is 6.66. The number of hydrogen-bond donors (Lipinski definition) is 1. The van der Waals surface area contributed by atoms with Crippen LogP contribution in [0.2, 0.25) is 0 Å². The first-order valence-electron chi connectivity index (χ1n) is 9.24. The molecule has 5 aromatic rings. The van der Waals surface area contributed by atoms with E-state index < -0.39 is 0 Å². The average molecular weight is 362 g/mol. The first-order valence-corrected chi connectivity index (χ1v) is 9.24. The summed E-state index contributed by atoms with van der Waals surface area (Å²) >= 11 is 0. The van der Waals surface area contributed by atoms with Crippen LogP contribution >= 0.6 is 0 Å². The molecule has 3 heteroatoms. The fourth-order valence-corrected chi connectivity index (χ4v) is 3.38. The van der Waals surface area contributed by atoms with Crippen LogP contribution in [0, 0.1) is 0 Å². The van der Waals surface area contributed by atoms with Gasteiger partial charge in [-0.2, -0.15) is 0 Å². The van der Waals surface area contributed by atoms with Crippen LogP contribution in [0.25, 0.3) is 45.6 Å². The lowest BCUT2D eigenvalue weighted by atomic mass is 10.1. The van der Waals surface area contributed by atoms with Crippen molar-refractivity contribution in [1.29, 1.82) is 0 Å². The van der Waals surface area contributed by atoms with Gasteiger partial charge in [-0.1, -0.05) is 78.9 Å². The van der Waals surface area contributed by atoms with Crippen molar-refractivity contribution >= 4 is 23.1 Å². The van der Waals surface area contributed by atoms with Crippen molar-refractivity contribution in [2.24, 2.45) is 0 Å². The molecule has 3 aromatic carbocycles. The lowest BCUT2D eigenvalue weighted by molar-refractivity contribution is 0.561. The molecule has 5 rings (SSSR count). The molecular formula is C25H18N2O. The zero-order valence-corrected chi connectivity index (χ0v) is 15.2. The van der Waals surface area contributed by atoms with Crippen LogP contribution in [-0.2, 0) is 0 Å². The van der Waals surface area contributed by atoms with Crippen molar-refractivity contribution in [1.82, 2.24) is 9.97 Å². The van der Waals surface area contributed by atoms with Crippen LogP contribution in [0.5, 0.6) is 0 Å². The molecule has 0 aliphatic heterocycles. The molecule has 0 atom stereocenters. The smallest absolute Gasteiger partial charge is 0.220 e. The first kappa shape index (κ1) is 16.3. The monoisotopic (exact) mass is 362 g/mol. The van der Waals surface area contributed by atoms with Crippen molar-refractivity contribution in [3.8, 4) is 22.6 Å². The predicted molar refractivity (Wildman–Crippen MR) is 115 cm³/mol. The summed E-state index contributed by atoms with van der Waals surface area (Å²) in [4.78, 5) is 8.06. The summed E-state index contributed by atoms with van der Waals surface area (Å²) in [5.41, 5.74) is 5.13. The standard InChI is InChI=1S/C25H18N2O/c1-3-9-18(10-4-1)24-25(19-11-5-2-6-12-19)28-23(27-24)16-15-20-17-26-22-14-8-7-13-21(20)22/h1-17,26H/b16-15+. The molecule has 1 N–H and O–H groups in total. The van der Waals surface area contributed by atoms with E-state index in [0.717, 1.165) is 33.7 Å². The Labute approximate surface area is 163 Å². The van der Waals surface area contributed by atoms with Gasteiger partial charge in [0, 0.05) is 34.3 Å². The van der Waals surface area contributed by atoms with Gasteiger partial charge < -0.3 is 9.40 Å². The van der Waals surface area contributed by atoms with Crippen LogP contribution in [0.1, 0.15) is 11.5 Å². The van der Waals surface area contributed by atoms with E-state index in [1.807, 2.05) is 79.0 Å². The molecule has 0 aliphatic carbocycles. The van der Waals surface area contributed by atoms with Crippen LogP contribution < -0.4 is 0 Å². The number of rotatable bonds is 4. The fraction of sp³-hybridized carbons (Fsp3) is 0. The summed E-state index contributed by atoms with van der Waals surface area (Å²) in [6.07, 6.45) is 5.96. The van der Waals surface area contributed by atoms with Crippen molar-refractivity contribution in [3.63, 3.8) is 0 Å². The number of para-hydroxylation sites is 1. The molecule has 0 unspecified atom stereocenters.